The third kappa shape index (κ3) is 3.92. The predicted molar refractivity (Wildman–Crippen MR) is 111 cm³/mol. The number of amides is 2. The zero-order valence-electron chi connectivity index (χ0n) is 17.1. The number of hydrogen-bond donors (Lipinski definition) is 3. The fourth-order valence-corrected chi connectivity index (χ4v) is 5.40. The molecular weight excluding hydrogens is 370 g/mol. The Morgan fingerprint density at radius 3 is 2.62 bits per heavy atom. The Balaban J connectivity index is 1.47. The first kappa shape index (κ1) is 20.0. The fourth-order valence-electron chi connectivity index (χ4n) is 5.40. The molecule has 2 saturated heterocycles. The van der Waals surface area contributed by atoms with Crippen molar-refractivity contribution in [3.8, 4) is 0 Å². The number of benzene rings is 1. The lowest BCUT2D eigenvalue weighted by atomic mass is 9.78. The second-order valence-electron chi connectivity index (χ2n) is 8.95. The second-order valence-corrected chi connectivity index (χ2v) is 8.95. The standard InChI is InChI=1S/C22H31N3O4/c1-15-13-17(5-8-19(15)23-21(28)29)24-11-2-9-22(14-24)10-12-25(20(22)27)16-3-6-18(26)7-4-16/h5,8,13,16,18,23,26H,2-4,6-7,9-12,14H2,1H3,(H,28,29)/t16?,18?,22-/m1/s1. The highest BCUT2D eigenvalue weighted by atomic mass is 16.4. The molecule has 1 saturated carbocycles. The minimum absolute atomic E-state index is 0.204. The van der Waals surface area contributed by atoms with Gasteiger partial charge in [-0.05, 0) is 75.6 Å². The van der Waals surface area contributed by atoms with Crippen LogP contribution < -0.4 is 10.2 Å². The molecule has 2 heterocycles. The van der Waals surface area contributed by atoms with Crippen molar-refractivity contribution in [2.24, 2.45) is 5.41 Å². The first-order valence-electron chi connectivity index (χ1n) is 10.7. The van der Waals surface area contributed by atoms with Crippen LogP contribution in [0.25, 0.3) is 0 Å². The summed E-state index contributed by atoms with van der Waals surface area (Å²) in [4.78, 5) is 28.7. The van der Waals surface area contributed by atoms with Crippen LogP contribution in [0.1, 0.15) is 50.5 Å². The summed E-state index contributed by atoms with van der Waals surface area (Å²) in [6, 6.07) is 6.03. The molecule has 1 aliphatic carbocycles. The molecule has 1 spiro atoms. The molecule has 3 aliphatic rings. The fraction of sp³-hybridized carbons (Fsp3) is 0.636. The van der Waals surface area contributed by atoms with Crippen LogP contribution in [0.2, 0.25) is 0 Å². The van der Waals surface area contributed by atoms with Gasteiger partial charge < -0.3 is 20.0 Å². The third-order valence-corrected chi connectivity index (χ3v) is 7.05. The molecule has 7 nitrogen and oxygen atoms in total. The molecule has 0 aromatic heterocycles. The SMILES string of the molecule is Cc1cc(N2CCC[C@@]3(CCN(C4CCC(O)CC4)C3=O)C2)ccc1NC(=O)O. The minimum Gasteiger partial charge on any atom is -0.465 e. The highest BCUT2D eigenvalue weighted by Gasteiger charge is 2.50. The summed E-state index contributed by atoms with van der Waals surface area (Å²) in [5, 5.41) is 21.2. The van der Waals surface area contributed by atoms with Crippen molar-refractivity contribution in [1.29, 1.82) is 0 Å². The van der Waals surface area contributed by atoms with Gasteiger partial charge >= 0.3 is 6.09 Å². The summed E-state index contributed by atoms with van der Waals surface area (Å²) < 4.78 is 0. The molecule has 2 aliphatic heterocycles. The first-order valence-corrected chi connectivity index (χ1v) is 10.7. The number of likely N-dealkylation sites (tertiary alicyclic amines) is 1. The molecule has 0 radical (unpaired) electrons. The van der Waals surface area contributed by atoms with Gasteiger partial charge in [-0.15, -0.1) is 0 Å². The summed E-state index contributed by atoms with van der Waals surface area (Å²) >= 11 is 0. The highest BCUT2D eigenvalue weighted by molar-refractivity contribution is 5.87. The van der Waals surface area contributed by atoms with Gasteiger partial charge in [-0.25, -0.2) is 4.79 Å². The topological polar surface area (TPSA) is 93.1 Å². The number of piperidine rings is 1. The lowest BCUT2D eigenvalue weighted by molar-refractivity contribution is -0.139. The number of carboxylic acid groups (broad SMARTS) is 1. The van der Waals surface area contributed by atoms with Gasteiger partial charge in [0.05, 0.1) is 11.5 Å². The van der Waals surface area contributed by atoms with Crippen molar-refractivity contribution >= 4 is 23.4 Å². The number of carbonyl (C=O) groups excluding carboxylic acids is 1. The highest BCUT2D eigenvalue weighted by Crippen LogP contribution is 2.43. The Bertz CT molecular complexity index is 790. The molecule has 29 heavy (non-hydrogen) atoms. The van der Waals surface area contributed by atoms with Gasteiger partial charge in [-0.2, -0.15) is 0 Å². The minimum atomic E-state index is -1.07. The van der Waals surface area contributed by atoms with E-state index in [0.29, 0.717) is 11.6 Å². The maximum Gasteiger partial charge on any atom is 0.409 e. The van der Waals surface area contributed by atoms with Crippen LogP contribution in [-0.4, -0.2) is 58.9 Å². The largest absolute Gasteiger partial charge is 0.465 e. The quantitative estimate of drug-likeness (QED) is 0.723. The van der Waals surface area contributed by atoms with Crippen LogP contribution in [0.15, 0.2) is 18.2 Å². The molecule has 1 atom stereocenters. The van der Waals surface area contributed by atoms with Gasteiger partial charge in [0.25, 0.3) is 0 Å². The van der Waals surface area contributed by atoms with E-state index in [0.717, 1.165) is 75.8 Å². The van der Waals surface area contributed by atoms with E-state index in [1.165, 1.54) is 0 Å². The number of hydrogen-bond acceptors (Lipinski definition) is 4. The van der Waals surface area contributed by atoms with Gasteiger partial charge in [-0.1, -0.05) is 0 Å². The van der Waals surface area contributed by atoms with Crippen LogP contribution in [-0.2, 0) is 4.79 Å². The molecule has 0 bridgehead atoms. The van der Waals surface area contributed by atoms with E-state index in [-0.39, 0.29) is 17.6 Å². The van der Waals surface area contributed by atoms with E-state index in [2.05, 4.69) is 15.1 Å². The molecule has 7 heteroatoms. The van der Waals surface area contributed by atoms with Gasteiger partial charge in [0.2, 0.25) is 5.91 Å². The Morgan fingerprint density at radius 1 is 1.17 bits per heavy atom. The van der Waals surface area contributed by atoms with E-state index in [4.69, 9.17) is 5.11 Å². The number of aliphatic hydroxyl groups is 1. The van der Waals surface area contributed by atoms with Crippen LogP contribution in [0.3, 0.4) is 0 Å². The summed E-state index contributed by atoms with van der Waals surface area (Å²) in [5.41, 5.74) is 2.21. The van der Waals surface area contributed by atoms with E-state index in [9.17, 15) is 14.7 Å². The van der Waals surface area contributed by atoms with Crippen molar-refractivity contribution in [2.45, 2.75) is 64.0 Å². The Kier molecular flexibility index (Phi) is 5.42. The molecule has 1 aromatic carbocycles. The van der Waals surface area contributed by atoms with Crippen molar-refractivity contribution in [1.82, 2.24) is 4.90 Å². The molecule has 4 rings (SSSR count). The Labute approximate surface area is 171 Å². The predicted octanol–water partition coefficient (Wildman–Crippen LogP) is 3.21. The van der Waals surface area contributed by atoms with Crippen molar-refractivity contribution in [3.05, 3.63) is 23.8 Å². The maximum absolute atomic E-state index is 13.4. The number of carbonyl (C=O) groups is 2. The zero-order valence-corrected chi connectivity index (χ0v) is 17.1. The molecule has 3 N–H and O–H groups in total. The normalized spacial score (nSPS) is 30.1. The smallest absolute Gasteiger partial charge is 0.409 e. The summed E-state index contributed by atoms with van der Waals surface area (Å²) in [5.74, 6) is 0.296. The third-order valence-electron chi connectivity index (χ3n) is 7.05. The van der Waals surface area contributed by atoms with Crippen LogP contribution in [0.5, 0.6) is 0 Å². The first-order chi connectivity index (χ1) is 13.9. The molecule has 2 amide bonds. The number of rotatable bonds is 3. The van der Waals surface area contributed by atoms with E-state index in [1.54, 1.807) is 6.07 Å². The van der Waals surface area contributed by atoms with Gasteiger partial charge in [0.1, 0.15) is 0 Å². The van der Waals surface area contributed by atoms with Crippen LogP contribution in [0.4, 0.5) is 16.2 Å². The average molecular weight is 402 g/mol. The Hall–Kier alpha value is -2.28. The van der Waals surface area contributed by atoms with Crippen molar-refractivity contribution in [2.75, 3.05) is 29.9 Å². The number of nitrogens with one attached hydrogen (secondary N) is 1. The monoisotopic (exact) mass is 401 g/mol. The second kappa shape index (κ2) is 7.86. The lowest BCUT2D eigenvalue weighted by Crippen LogP contribution is -2.50. The summed E-state index contributed by atoms with van der Waals surface area (Å²) in [7, 11) is 0. The summed E-state index contributed by atoms with van der Waals surface area (Å²) in [6.45, 7) is 4.36. The van der Waals surface area contributed by atoms with E-state index < -0.39 is 6.09 Å². The maximum atomic E-state index is 13.4. The average Bonchev–Trinajstić information content (AvgIpc) is 3.00. The molecular formula is C22H31N3O4. The molecule has 158 valence electrons. The van der Waals surface area contributed by atoms with Gasteiger partial charge in [0, 0.05) is 37.1 Å². The molecule has 3 fully saturated rings. The van der Waals surface area contributed by atoms with Crippen molar-refractivity contribution < 1.29 is 19.8 Å². The lowest BCUT2D eigenvalue weighted by Gasteiger charge is -2.41. The van der Waals surface area contributed by atoms with E-state index in [1.807, 2.05) is 19.1 Å². The number of nitrogens with zero attached hydrogens (tertiary/aromatic N) is 2. The number of aryl methyl sites for hydroxylation is 1. The van der Waals surface area contributed by atoms with Crippen LogP contribution in [0, 0.1) is 12.3 Å². The van der Waals surface area contributed by atoms with E-state index >= 15 is 0 Å². The zero-order chi connectivity index (χ0) is 20.6. The van der Waals surface area contributed by atoms with Crippen molar-refractivity contribution in [3.63, 3.8) is 0 Å². The number of anilines is 2. The van der Waals surface area contributed by atoms with Gasteiger partial charge in [-0.3, -0.25) is 10.1 Å². The van der Waals surface area contributed by atoms with Crippen LogP contribution >= 0.6 is 0 Å². The summed E-state index contributed by atoms with van der Waals surface area (Å²) in [6.07, 6.45) is 4.96. The molecule has 0 unspecified atom stereocenters. The van der Waals surface area contributed by atoms with Gasteiger partial charge in [0.15, 0.2) is 0 Å². The number of aliphatic hydroxyl groups excluding tert-OH is 1. The Morgan fingerprint density at radius 2 is 1.93 bits per heavy atom. The molecule has 1 aromatic rings.